The van der Waals surface area contributed by atoms with Gasteiger partial charge in [0.25, 0.3) is 0 Å². The first-order chi connectivity index (χ1) is 10.4. The Morgan fingerprint density at radius 2 is 1.68 bits per heavy atom. The number of hydrogen-bond acceptors (Lipinski definition) is 5. The number of rotatable bonds is 5. The Morgan fingerprint density at radius 3 is 2.32 bits per heavy atom. The first-order valence-corrected chi connectivity index (χ1v) is 7.94. The summed E-state index contributed by atoms with van der Waals surface area (Å²) >= 11 is 11.9. The molecule has 1 saturated heterocycles. The van der Waals surface area contributed by atoms with Gasteiger partial charge in [-0.15, -0.1) is 0 Å². The molecule has 0 amide bonds. The Kier molecular flexibility index (Phi) is 6.46. The van der Waals surface area contributed by atoms with Crippen LogP contribution in [-0.4, -0.2) is 57.6 Å². The lowest BCUT2D eigenvalue weighted by Gasteiger charge is -2.40. The van der Waals surface area contributed by atoms with Gasteiger partial charge in [0.1, 0.15) is 24.4 Å². The van der Waals surface area contributed by atoms with Crippen LogP contribution in [0.2, 0.25) is 10.0 Å². The SMILES string of the molecule is OC[C@H]1OC(CCCc2ccc(Cl)cc2Cl)[C@H](O)[C@@H](O)[C@@H]1O. The third-order valence-electron chi connectivity index (χ3n) is 3.94. The van der Waals surface area contributed by atoms with Crippen molar-refractivity contribution in [3.8, 4) is 0 Å². The Morgan fingerprint density at radius 1 is 1.00 bits per heavy atom. The van der Waals surface area contributed by atoms with Gasteiger partial charge in [-0.05, 0) is 37.0 Å². The highest BCUT2D eigenvalue weighted by Gasteiger charge is 2.42. The van der Waals surface area contributed by atoms with Crippen LogP contribution < -0.4 is 0 Å². The highest BCUT2D eigenvalue weighted by molar-refractivity contribution is 6.35. The molecule has 2 rings (SSSR count). The normalized spacial score (nSPS) is 32.2. The zero-order valence-electron chi connectivity index (χ0n) is 11.9. The lowest BCUT2D eigenvalue weighted by atomic mass is 9.92. The summed E-state index contributed by atoms with van der Waals surface area (Å²) in [4.78, 5) is 0. The molecule has 1 aromatic rings. The largest absolute Gasteiger partial charge is 0.394 e. The van der Waals surface area contributed by atoms with Crippen LogP contribution in [0.5, 0.6) is 0 Å². The van der Waals surface area contributed by atoms with Gasteiger partial charge in [-0.2, -0.15) is 0 Å². The molecule has 0 aliphatic carbocycles. The Labute approximate surface area is 139 Å². The summed E-state index contributed by atoms with van der Waals surface area (Å²) in [6.07, 6.45) is -3.50. The Bertz CT molecular complexity index is 497. The van der Waals surface area contributed by atoms with Gasteiger partial charge < -0.3 is 25.2 Å². The fourth-order valence-corrected chi connectivity index (χ4v) is 3.14. The second kappa shape index (κ2) is 7.93. The van der Waals surface area contributed by atoms with Gasteiger partial charge in [0.05, 0.1) is 12.7 Å². The highest BCUT2D eigenvalue weighted by Crippen LogP contribution is 2.26. The van der Waals surface area contributed by atoms with Crippen LogP contribution in [0.25, 0.3) is 0 Å². The monoisotopic (exact) mass is 350 g/mol. The van der Waals surface area contributed by atoms with E-state index in [1.165, 1.54) is 0 Å². The van der Waals surface area contributed by atoms with Gasteiger partial charge in [-0.3, -0.25) is 0 Å². The molecule has 1 aliphatic heterocycles. The summed E-state index contributed by atoms with van der Waals surface area (Å²) in [5.41, 5.74) is 0.940. The first kappa shape index (κ1) is 17.9. The summed E-state index contributed by atoms with van der Waals surface area (Å²) in [6, 6.07) is 5.28. The van der Waals surface area contributed by atoms with E-state index in [9.17, 15) is 15.3 Å². The van der Waals surface area contributed by atoms with Crippen molar-refractivity contribution in [1.29, 1.82) is 0 Å². The number of halogens is 2. The van der Waals surface area contributed by atoms with Crippen molar-refractivity contribution >= 4 is 23.2 Å². The molecule has 1 aliphatic rings. The quantitative estimate of drug-likeness (QED) is 0.639. The van der Waals surface area contributed by atoms with Gasteiger partial charge in [0.2, 0.25) is 0 Å². The molecule has 22 heavy (non-hydrogen) atoms. The molecule has 0 radical (unpaired) electrons. The van der Waals surface area contributed by atoms with E-state index in [4.69, 9.17) is 33.0 Å². The van der Waals surface area contributed by atoms with Crippen molar-refractivity contribution in [2.24, 2.45) is 0 Å². The minimum Gasteiger partial charge on any atom is -0.394 e. The van der Waals surface area contributed by atoms with Crippen LogP contribution in [0.1, 0.15) is 18.4 Å². The van der Waals surface area contributed by atoms with E-state index < -0.39 is 37.1 Å². The van der Waals surface area contributed by atoms with Crippen LogP contribution in [-0.2, 0) is 11.2 Å². The maximum absolute atomic E-state index is 9.95. The molecule has 7 heteroatoms. The molecule has 0 saturated carbocycles. The van der Waals surface area contributed by atoms with Gasteiger partial charge in [-0.1, -0.05) is 29.3 Å². The smallest absolute Gasteiger partial charge is 0.111 e. The van der Waals surface area contributed by atoms with E-state index in [-0.39, 0.29) is 0 Å². The molecule has 124 valence electrons. The summed E-state index contributed by atoms with van der Waals surface area (Å²) in [5, 5.41) is 39.7. The Hall–Kier alpha value is -0.400. The zero-order valence-corrected chi connectivity index (χ0v) is 13.4. The van der Waals surface area contributed by atoms with Crippen molar-refractivity contribution in [2.75, 3.05) is 6.61 Å². The molecule has 0 spiro atoms. The fraction of sp³-hybridized carbons (Fsp3) is 0.600. The summed E-state index contributed by atoms with van der Waals surface area (Å²) in [5.74, 6) is 0. The summed E-state index contributed by atoms with van der Waals surface area (Å²) in [7, 11) is 0. The van der Waals surface area contributed by atoms with Gasteiger partial charge in [-0.25, -0.2) is 0 Å². The second-order valence-corrected chi connectivity index (χ2v) is 6.34. The molecule has 5 nitrogen and oxygen atoms in total. The number of ether oxygens (including phenoxy) is 1. The molecular weight excluding hydrogens is 331 g/mol. The lowest BCUT2D eigenvalue weighted by Crippen LogP contribution is -2.58. The average molecular weight is 351 g/mol. The third-order valence-corrected chi connectivity index (χ3v) is 4.53. The van der Waals surface area contributed by atoms with E-state index in [2.05, 4.69) is 0 Å². The predicted molar refractivity (Wildman–Crippen MR) is 83.2 cm³/mol. The topological polar surface area (TPSA) is 90.2 Å². The van der Waals surface area contributed by atoms with Crippen molar-refractivity contribution < 1.29 is 25.2 Å². The predicted octanol–water partition coefficient (Wildman–Crippen LogP) is 1.16. The number of aliphatic hydroxyl groups is 4. The molecule has 0 aromatic heterocycles. The van der Waals surface area contributed by atoms with E-state index in [0.29, 0.717) is 29.3 Å². The van der Waals surface area contributed by atoms with Crippen LogP contribution in [0.15, 0.2) is 18.2 Å². The average Bonchev–Trinajstić information content (AvgIpc) is 2.49. The third kappa shape index (κ3) is 4.11. The van der Waals surface area contributed by atoms with Crippen LogP contribution in [0.4, 0.5) is 0 Å². The maximum atomic E-state index is 9.95. The number of aliphatic hydroxyl groups excluding tert-OH is 4. The molecule has 4 N–H and O–H groups in total. The van der Waals surface area contributed by atoms with Gasteiger partial charge in [0.15, 0.2) is 0 Å². The van der Waals surface area contributed by atoms with Crippen molar-refractivity contribution in [1.82, 2.24) is 0 Å². The highest BCUT2D eigenvalue weighted by atomic mass is 35.5. The van der Waals surface area contributed by atoms with Crippen molar-refractivity contribution in [2.45, 2.75) is 49.8 Å². The second-order valence-electron chi connectivity index (χ2n) is 5.50. The molecular formula is C15H20Cl2O5. The number of benzene rings is 1. The molecule has 1 heterocycles. The van der Waals surface area contributed by atoms with E-state index in [0.717, 1.165) is 5.56 Å². The van der Waals surface area contributed by atoms with Crippen molar-refractivity contribution in [3.05, 3.63) is 33.8 Å². The summed E-state index contributed by atoms with van der Waals surface area (Å²) < 4.78 is 5.45. The van der Waals surface area contributed by atoms with Gasteiger partial charge in [0, 0.05) is 10.0 Å². The minimum absolute atomic E-state index is 0.412. The molecule has 1 aromatic carbocycles. The molecule has 1 fully saturated rings. The molecule has 0 bridgehead atoms. The van der Waals surface area contributed by atoms with Crippen molar-refractivity contribution in [3.63, 3.8) is 0 Å². The standard InChI is InChI=1S/C15H20Cl2O5/c16-9-5-4-8(10(17)6-9)2-1-3-11-13(19)15(21)14(20)12(7-18)22-11/h4-6,11-15,18-21H,1-3,7H2/t11?,12-,13+,14-,15-/m1/s1. The molecule has 1 unspecified atom stereocenters. The van der Waals surface area contributed by atoms with E-state index >= 15 is 0 Å². The van der Waals surface area contributed by atoms with E-state index in [1.54, 1.807) is 12.1 Å². The zero-order chi connectivity index (χ0) is 16.3. The van der Waals surface area contributed by atoms with Crippen LogP contribution >= 0.6 is 23.2 Å². The van der Waals surface area contributed by atoms with Crippen LogP contribution in [0, 0.1) is 0 Å². The van der Waals surface area contributed by atoms with E-state index in [1.807, 2.05) is 6.07 Å². The van der Waals surface area contributed by atoms with Gasteiger partial charge >= 0.3 is 0 Å². The summed E-state index contributed by atoms with van der Waals surface area (Å²) in [6.45, 7) is -0.412. The van der Waals surface area contributed by atoms with Crippen LogP contribution in [0.3, 0.4) is 0 Å². The number of aryl methyl sites for hydroxylation is 1. The Balaban J connectivity index is 1.90. The number of hydrogen-bond donors (Lipinski definition) is 4. The fourth-order valence-electron chi connectivity index (χ4n) is 2.64. The first-order valence-electron chi connectivity index (χ1n) is 7.18. The molecule has 5 atom stereocenters. The minimum atomic E-state index is -1.32. The lowest BCUT2D eigenvalue weighted by molar-refractivity contribution is -0.230. The maximum Gasteiger partial charge on any atom is 0.111 e.